The van der Waals surface area contributed by atoms with Crippen LogP contribution in [0.25, 0.3) is 0 Å². The molecule has 3 nitrogen and oxygen atoms in total. The molecule has 1 N–H and O–H groups in total. The average molecular weight is 277 g/mol. The molecule has 1 atom stereocenters. The Morgan fingerprint density at radius 2 is 2.00 bits per heavy atom. The smallest absolute Gasteiger partial charge is 0.0700 e. The first kappa shape index (κ1) is 15.5. The standard InChI is InChI=1S/C17H27NO2/c1-18-17(10-11-20-13-12-19-2)16-9-4-3-8-15(16)14-6-5-7-14/h3-4,8-9,14,17-18H,5-7,10-13H2,1-2H3. The number of ether oxygens (including phenoxy) is 2. The Labute approximate surface area is 122 Å². The molecular weight excluding hydrogens is 250 g/mol. The Hall–Kier alpha value is -0.900. The van der Waals surface area contributed by atoms with Gasteiger partial charge in [0, 0.05) is 19.8 Å². The molecule has 1 aliphatic rings. The van der Waals surface area contributed by atoms with E-state index >= 15 is 0 Å². The van der Waals surface area contributed by atoms with E-state index in [1.807, 2.05) is 7.05 Å². The lowest BCUT2D eigenvalue weighted by atomic mass is 9.77. The molecule has 1 aliphatic carbocycles. The van der Waals surface area contributed by atoms with Crippen molar-refractivity contribution in [1.29, 1.82) is 0 Å². The van der Waals surface area contributed by atoms with E-state index in [1.165, 1.54) is 30.4 Å². The summed E-state index contributed by atoms with van der Waals surface area (Å²) in [6.07, 6.45) is 5.07. The van der Waals surface area contributed by atoms with Gasteiger partial charge in [-0.2, -0.15) is 0 Å². The number of hydrogen-bond acceptors (Lipinski definition) is 3. The lowest BCUT2D eigenvalue weighted by Crippen LogP contribution is -2.22. The van der Waals surface area contributed by atoms with Crippen molar-refractivity contribution in [2.75, 3.05) is 34.0 Å². The lowest BCUT2D eigenvalue weighted by Gasteiger charge is -2.30. The summed E-state index contributed by atoms with van der Waals surface area (Å²) in [7, 11) is 3.74. The van der Waals surface area contributed by atoms with Gasteiger partial charge in [0.25, 0.3) is 0 Å². The van der Waals surface area contributed by atoms with E-state index in [1.54, 1.807) is 7.11 Å². The maximum absolute atomic E-state index is 5.60. The molecule has 0 aromatic heterocycles. The summed E-state index contributed by atoms with van der Waals surface area (Å²) < 4.78 is 10.6. The molecule has 3 heteroatoms. The van der Waals surface area contributed by atoms with E-state index in [0.717, 1.165) is 18.9 Å². The van der Waals surface area contributed by atoms with Crippen LogP contribution in [0, 0.1) is 0 Å². The van der Waals surface area contributed by atoms with E-state index in [-0.39, 0.29) is 0 Å². The second kappa shape index (κ2) is 8.40. The fourth-order valence-electron chi connectivity index (χ4n) is 2.82. The third kappa shape index (κ3) is 4.05. The van der Waals surface area contributed by atoms with Crippen LogP contribution in [0.1, 0.15) is 48.8 Å². The summed E-state index contributed by atoms with van der Waals surface area (Å²) in [6.45, 7) is 2.12. The lowest BCUT2D eigenvalue weighted by molar-refractivity contribution is 0.0660. The van der Waals surface area contributed by atoms with Crippen LogP contribution in [0.3, 0.4) is 0 Å². The predicted molar refractivity (Wildman–Crippen MR) is 82.1 cm³/mol. The largest absolute Gasteiger partial charge is 0.382 e. The zero-order valence-corrected chi connectivity index (χ0v) is 12.7. The Kier molecular flexibility index (Phi) is 6.51. The van der Waals surface area contributed by atoms with Gasteiger partial charge in [0.2, 0.25) is 0 Å². The molecule has 1 unspecified atom stereocenters. The molecule has 2 rings (SSSR count). The van der Waals surface area contributed by atoms with Crippen molar-refractivity contribution < 1.29 is 9.47 Å². The first-order valence-corrected chi connectivity index (χ1v) is 7.69. The van der Waals surface area contributed by atoms with Crippen LogP contribution in [0.5, 0.6) is 0 Å². The maximum Gasteiger partial charge on any atom is 0.0700 e. The molecule has 112 valence electrons. The van der Waals surface area contributed by atoms with Crippen molar-refractivity contribution in [3.63, 3.8) is 0 Å². The monoisotopic (exact) mass is 277 g/mol. The molecule has 0 spiro atoms. The molecule has 0 amide bonds. The van der Waals surface area contributed by atoms with Crippen LogP contribution < -0.4 is 5.32 Å². The molecule has 0 bridgehead atoms. The molecule has 0 saturated heterocycles. The third-order valence-electron chi connectivity index (χ3n) is 4.25. The summed E-state index contributed by atoms with van der Waals surface area (Å²) in [6, 6.07) is 9.26. The van der Waals surface area contributed by atoms with Gasteiger partial charge in [0.15, 0.2) is 0 Å². The molecule has 20 heavy (non-hydrogen) atoms. The van der Waals surface area contributed by atoms with Gasteiger partial charge in [0.05, 0.1) is 13.2 Å². The van der Waals surface area contributed by atoms with Gasteiger partial charge >= 0.3 is 0 Å². The molecule has 0 aliphatic heterocycles. The summed E-state index contributed by atoms with van der Waals surface area (Å²) in [5.74, 6) is 0.774. The quantitative estimate of drug-likeness (QED) is 0.703. The molecule has 1 aromatic rings. The van der Waals surface area contributed by atoms with Crippen molar-refractivity contribution in [3.05, 3.63) is 35.4 Å². The highest BCUT2D eigenvalue weighted by atomic mass is 16.5. The summed E-state index contributed by atoms with van der Waals surface area (Å²) in [5, 5.41) is 3.44. The Balaban J connectivity index is 1.92. The molecule has 0 heterocycles. The summed E-state index contributed by atoms with van der Waals surface area (Å²) >= 11 is 0. The normalized spacial score (nSPS) is 16.9. The van der Waals surface area contributed by atoms with Crippen LogP contribution in [0.2, 0.25) is 0 Å². The number of hydrogen-bond donors (Lipinski definition) is 1. The van der Waals surface area contributed by atoms with E-state index in [4.69, 9.17) is 9.47 Å². The Bertz CT molecular complexity index is 390. The second-order valence-corrected chi connectivity index (χ2v) is 5.49. The fourth-order valence-corrected chi connectivity index (χ4v) is 2.82. The molecule has 0 radical (unpaired) electrons. The van der Waals surface area contributed by atoms with Gasteiger partial charge < -0.3 is 14.8 Å². The van der Waals surface area contributed by atoms with E-state index < -0.39 is 0 Å². The topological polar surface area (TPSA) is 30.5 Å². The van der Waals surface area contributed by atoms with Gasteiger partial charge in [-0.3, -0.25) is 0 Å². The summed E-state index contributed by atoms with van der Waals surface area (Å²) in [4.78, 5) is 0. The van der Waals surface area contributed by atoms with Crippen molar-refractivity contribution >= 4 is 0 Å². The third-order valence-corrected chi connectivity index (χ3v) is 4.25. The van der Waals surface area contributed by atoms with E-state index in [9.17, 15) is 0 Å². The number of nitrogens with one attached hydrogen (secondary N) is 1. The van der Waals surface area contributed by atoms with Crippen molar-refractivity contribution in [1.82, 2.24) is 5.32 Å². The zero-order valence-electron chi connectivity index (χ0n) is 12.7. The highest BCUT2D eigenvalue weighted by molar-refractivity contribution is 5.34. The van der Waals surface area contributed by atoms with Crippen LogP contribution in [0.4, 0.5) is 0 Å². The molecule has 1 aromatic carbocycles. The minimum absolute atomic E-state index is 0.384. The highest BCUT2D eigenvalue weighted by Gasteiger charge is 2.24. The minimum Gasteiger partial charge on any atom is -0.382 e. The molecular formula is C17H27NO2. The zero-order chi connectivity index (χ0) is 14.2. The van der Waals surface area contributed by atoms with Gasteiger partial charge in [-0.1, -0.05) is 30.7 Å². The molecule has 1 fully saturated rings. The van der Waals surface area contributed by atoms with Crippen LogP contribution in [-0.4, -0.2) is 34.0 Å². The van der Waals surface area contributed by atoms with Crippen molar-refractivity contribution in [2.45, 2.75) is 37.6 Å². The highest BCUT2D eigenvalue weighted by Crippen LogP contribution is 2.39. The number of rotatable bonds is 9. The van der Waals surface area contributed by atoms with Gasteiger partial charge in [-0.15, -0.1) is 0 Å². The van der Waals surface area contributed by atoms with E-state index in [0.29, 0.717) is 19.3 Å². The number of methoxy groups -OCH3 is 1. The first-order valence-electron chi connectivity index (χ1n) is 7.69. The van der Waals surface area contributed by atoms with Crippen molar-refractivity contribution in [2.24, 2.45) is 0 Å². The first-order chi connectivity index (χ1) is 9.86. The van der Waals surface area contributed by atoms with Crippen LogP contribution in [0.15, 0.2) is 24.3 Å². The molecule has 1 saturated carbocycles. The van der Waals surface area contributed by atoms with Gasteiger partial charge in [0.1, 0.15) is 0 Å². The SMILES string of the molecule is CNC(CCOCCOC)c1ccccc1C1CCC1. The number of benzene rings is 1. The van der Waals surface area contributed by atoms with Gasteiger partial charge in [-0.25, -0.2) is 0 Å². The Morgan fingerprint density at radius 1 is 1.20 bits per heavy atom. The predicted octanol–water partition coefficient (Wildman–Crippen LogP) is 3.27. The Morgan fingerprint density at radius 3 is 2.65 bits per heavy atom. The van der Waals surface area contributed by atoms with E-state index in [2.05, 4.69) is 29.6 Å². The van der Waals surface area contributed by atoms with Crippen LogP contribution >= 0.6 is 0 Å². The summed E-state index contributed by atoms with van der Waals surface area (Å²) in [5.41, 5.74) is 2.99. The van der Waals surface area contributed by atoms with Crippen molar-refractivity contribution in [3.8, 4) is 0 Å². The van der Waals surface area contributed by atoms with Gasteiger partial charge in [-0.05, 0) is 43.4 Å². The minimum atomic E-state index is 0.384. The average Bonchev–Trinajstić information content (AvgIpc) is 2.42. The fraction of sp³-hybridized carbons (Fsp3) is 0.647. The maximum atomic E-state index is 5.60. The second-order valence-electron chi connectivity index (χ2n) is 5.49. The van der Waals surface area contributed by atoms with Crippen LogP contribution in [-0.2, 0) is 9.47 Å².